The molecule has 0 radical (unpaired) electrons. The van der Waals surface area contributed by atoms with Gasteiger partial charge in [-0.1, -0.05) is 0 Å². The molecule has 56 heavy (non-hydrogen) atoms. The van der Waals surface area contributed by atoms with Crippen molar-refractivity contribution in [3.63, 3.8) is 0 Å². The van der Waals surface area contributed by atoms with Crippen molar-refractivity contribution < 1.29 is 0 Å². The molecule has 0 saturated heterocycles. The molecule has 0 saturated carbocycles. The van der Waals surface area contributed by atoms with Crippen molar-refractivity contribution in [2.45, 2.75) is 66.2 Å². The number of aromatic nitrogens is 6. The Morgan fingerprint density at radius 2 is 0.536 bits per heavy atom. The molecule has 0 atom stereocenters. The maximum Gasteiger partial charge on any atom is 0.0559 e. The third-order valence-corrected chi connectivity index (χ3v) is 12.8. The van der Waals surface area contributed by atoms with Crippen molar-refractivity contribution in [2.75, 3.05) is 0 Å². The molecule has 6 heteroatoms. The Morgan fingerprint density at radius 1 is 0.304 bits per heavy atom. The SMILES string of the molecule is Cc1cc2c3[nH]c4c(cc(C)cc4c3c1)-c1ccc([nH]1)C(C)(C)c1ccc([nH]1)-c1cc(C)cc3c1[nH]c1c(cc(C)cc13)-c1ccc([nH]1)C(C)(C)c1ccc-2[nH]1. The van der Waals surface area contributed by atoms with Crippen LogP contribution < -0.4 is 0 Å². The van der Waals surface area contributed by atoms with E-state index < -0.39 is 0 Å². The summed E-state index contributed by atoms with van der Waals surface area (Å²) in [6, 6.07) is 36.5. The number of benzene rings is 4. The first-order valence-corrected chi connectivity index (χ1v) is 19.8. The van der Waals surface area contributed by atoms with Crippen LogP contribution in [0.5, 0.6) is 0 Å². The molecular formula is C50H46N6. The minimum absolute atomic E-state index is 0.309. The van der Waals surface area contributed by atoms with Gasteiger partial charge < -0.3 is 29.9 Å². The van der Waals surface area contributed by atoms with Crippen LogP contribution in [0.15, 0.2) is 97.1 Å². The van der Waals surface area contributed by atoms with Crippen molar-refractivity contribution in [3.8, 4) is 45.0 Å². The number of H-pyrrole nitrogens is 6. The highest BCUT2D eigenvalue weighted by atomic mass is 14.8. The molecule has 1 aliphatic rings. The van der Waals surface area contributed by atoms with Gasteiger partial charge in [0.15, 0.2) is 0 Å². The number of aryl methyl sites for hydroxylation is 4. The molecule has 0 amide bonds. The fourth-order valence-corrected chi connectivity index (χ4v) is 9.59. The van der Waals surface area contributed by atoms with Gasteiger partial charge in [0.25, 0.3) is 0 Å². The van der Waals surface area contributed by atoms with Crippen LogP contribution in [0.4, 0.5) is 0 Å². The number of rotatable bonds is 0. The van der Waals surface area contributed by atoms with E-state index in [9.17, 15) is 0 Å². The summed E-state index contributed by atoms with van der Waals surface area (Å²) in [5, 5.41) is 4.96. The van der Waals surface area contributed by atoms with Crippen molar-refractivity contribution in [1.29, 1.82) is 0 Å². The van der Waals surface area contributed by atoms with E-state index in [-0.39, 0.29) is 10.8 Å². The van der Waals surface area contributed by atoms with Gasteiger partial charge in [-0.05, 0) is 175 Å². The van der Waals surface area contributed by atoms with Crippen LogP contribution in [0, 0.1) is 27.7 Å². The maximum atomic E-state index is 3.93. The molecule has 0 fully saturated rings. The molecule has 6 nitrogen and oxygen atoms in total. The lowest BCUT2D eigenvalue weighted by Crippen LogP contribution is -2.20. The largest absolute Gasteiger partial charge is 0.358 e. The van der Waals surface area contributed by atoms with E-state index in [1.165, 1.54) is 66.1 Å². The molecule has 10 aromatic rings. The predicted octanol–water partition coefficient (Wildman–Crippen LogP) is 13.1. The lowest BCUT2D eigenvalue weighted by Gasteiger charge is -2.22. The van der Waals surface area contributed by atoms with Crippen molar-refractivity contribution in [1.82, 2.24) is 29.9 Å². The van der Waals surface area contributed by atoms with E-state index in [0.717, 1.165) is 67.6 Å². The Labute approximate surface area is 325 Å². The Balaban J connectivity index is 1.19. The summed E-state index contributed by atoms with van der Waals surface area (Å²) >= 11 is 0. The summed E-state index contributed by atoms with van der Waals surface area (Å²) in [5.74, 6) is 0. The van der Waals surface area contributed by atoms with E-state index in [1.807, 2.05) is 0 Å². The van der Waals surface area contributed by atoms with Gasteiger partial charge in [-0.2, -0.15) is 0 Å². The monoisotopic (exact) mass is 730 g/mol. The zero-order valence-electron chi connectivity index (χ0n) is 33.2. The third-order valence-electron chi connectivity index (χ3n) is 12.8. The molecule has 6 aromatic heterocycles. The second-order valence-corrected chi connectivity index (χ2v) is 17.6. The van der Waals surface area contributed by atoms with Gasteiger partial charge in [-0.3, -0.25) is 0 Å². The highest BCUT2D eigenvalue weighted by molar-refractivity contribution is 6.16. The summed E-state index contributed by atoms with van der Waals surface area (Å²) in [5.41, 5.74) is 22.6. The van der Waals surface area contributed by atoms with Crippen molar-refractivity contribution in [2.24, 2.45) is 0 Å². The van der Waals surface area contributed by atoms with Gasteiger partial charge in [0.1, 0.15) is 0 Å². The quantitative estimate of drug-likeness (QED) is 0.0896. The number of hydrogen-bond acceptors (Lipinski definition) is 0. The number of hydrogen-bond donors (Lipinski definition) is 6. The second-order valence-electron chi connectivity index (χ2n) is 17.6. The van der Waals surface area contributed by atoms with Gasteiger partial charge in [-0.25, -0.2) is 0 Å². The minimum atomic E-state index is -0.309. The molecule has 0 spiro atoms. The normalized spacial score (nSPS) is 14.7. The molecule has 6 N–H and O–H groups in total. The van der Waals surface area contributed by atoms with Crippen molar-refractivity contribution in [3.05, 3.63) is 142 Å². The van der Waals surface area contributed by atoms with E-state index in [0.29, 0.717) is 0 Å². The fraction of sp³-hybridized carbons (Fsp3) is 0.200. The third kappa shape index (κ3) is 4.62. The molecule has 11 rings (SSSR count). The molecule has 1 aliphatic heterocycles. The first kappa shape index (κ1) is 33.0. The van der Waals surface area contributed by atoms with Crippen LogP contribution in [0.2, 0.25) is 0 Å². The average molecular weight is 731 g/mol. The maximum absolute atomic E-state index is 3.93. The van der Waals surface area contributed by atoms with Crippen LogP contribution >= 0.6 is 0 Å². The summed E-state index contributed by atoms with van der Waals surface area (Å²) in [4.78, 5) is 23.4. The minimum Gasteiger partial charge on any atom is -0.358 e. The van der Waals surface area contributed by atoms with Crippen molar-refractivity contribution >= 4 is 43.6 Å². The smallest absolute Gasteiger partial charge is 0.0559 e. The van der Waals surface area contributed by atoms with Gasteiger partial charge in [0.2, 0.25) is 0 Å². The van der Waals surface area contributed by atoms with Crippen LogP contribution in [-0.2, 0) is 10.8 Å². The highest BCUT2D eigenvalue weighted by Gasteiger charge is 2.30. The topological polar surface area (TPSA) is 94.7 Å². The predicted molar refractivity (Wildman–Crippen MR) is 234 cm³/mol. The van der Waals surface area contributed by atoms with E-state index in [4.69, 9.17) is 0 Å². The molecule has 4 aromatic carbocycles. The Bertz CT molecular complexity index is 2820. The fourth-order valence-electron chi connectivity index (χ4n) is 9.59. The zero-order chi connectivity index (χ0) is 38.4. The first-order valence-electron chi connectivity index (χ1n) is 19.8. The van der Waals surface area contributed by atoms with Gasteiger partial charge in [0.05, 0.1) is 22.1 Å². The molecule has 7 heterocycles. The van der Waals surface area contributed by atoms with Gasteiger partial charge in [-0.15, -0.1) is 0 Å². The Morgan fingerprint density at radius 3 is 0.768 bits per heavy atom. The van der Waals surface area contributed by atoms with Gasteiger partial charge >= 0.3 is 0 Å². The summed E-state index contributed by atoms with van der Waals surface area (Å²) in [6.07, 6.45) is 0. The summed E-state index contributed by atoms with van der Waals surface area (Å²) < 4.78 is 0. The lowest BCUT2D eigenvalue weighted by atomic mass is 9.86. The van der Waals surface area contributed by atoms with E-state index in [2.05, 4.69) is 182 Å². The zero-order valence-corrected chi connectivity index (χ0v) is 33.2. The molecule has 0 unspecified atom stereocenters. The molecular weight excluding hydrogens is 685 g/mol. The highest BCUT2D eigenvalue weighted by Crippen LogP contribution is 2.43. The summed E-state index contributed by atoms with van der Waals surface area (Å²) in [7, 11) is 0. The Hall–Kier alpha value is -6.40. The van der Waals surface area contributed by atoms with Crippen LogP contribution in [0.1, 0.15) is 72.7 Å². The number of aromatic amines is 6. The van der Waals surface area contributed by atoms with Crippen LogP contribution in [0.25, 0.3) is 88.6 Å². The van der Waals surface area contributed by atoms with Crippen LogP contribution in [0.3, 0.4) is 0 Å². The molecule has 0 aliphatic carbocycles. The first-order chi connectivity index (χ1) is 26.8. The average Bonchev–Trinajstić information content (AvgIpc) is 4.01. The second kappa shape index (κ2) is 11.1. The number of nitrogens with one attached hydrogen (secondary N) is 6. The lowest BCUT2D eigenvalue weighted by molar-refractivity contribution is 0.604. The number of fused-ring (bicyclic) bond motifs is 14. The van der Waals surface area contributed by atoms with E-state index >= 15 is 0 Å². The molecule has 276 valence electrons. The standard InChI is InChI=1S/C50H46N6/c1-25-17-29-30-18-26(2)22-34-38-10-14-43(52-38)50(7,8)44-16-12-40(54-44)36-24-28(4)20-32-31-19-27(3)23-35(47(31)56-48(32)36)39-11-15-42(53-39)49(5,6)41-13-9-37(51-41)33(21-25)45(29)55-46(30)34/h9-24,51-56H,1-8H3. The van der Waals surface area contributed by atoms with Gasteiger partial charge in [0, 0.05) is 100 Å². The van der Waals surface area contributed by atoms with Crippen LogP contribution in [-0.4, -0.2) is 29.9 Å². The van der Waals surface area contributed by atoms with E-state index in [1.54, 1.807) is 0 Å². The summed E-state index contributed by atoms with van der Waals surface area (Å²) in [6.45, 7) is 18.0. The Kier molecular flexibility index (Phi) is 6.54. The molecule has 12 bridgehead atoms.